The second kappa shape index (κ2) is 5.40. The van der Waals surface area contributed by atoms with E-state index in [0.717, 1.165) is 18.8 Å². The van der Waals surface area contributed by atoms with Gasteiger partial charge < -0.3 is 9.47 Å². The zero-order valence-electron chi connectivity index (χ0n) is 10.6. The molecule has 94 valence electrons. The Morgan fingerprint density at radius 1 is 1.35 bits per heavy atom. The molecule has 3 heteroatoms. The molecule has 3 atom stereocenters. The van der Waals surface area contributed by atoms with Gasteiger partial charge in [0.25, 0.3) is 0 Å². The zero-order chi connectivity index (χ0) is 12.4. The monoisotopic (exact) mass is 298 g/mol. The standard InChI is InChI=1S/C14H19BrO2/c1-4-16-14-11(15)8-13(14)17-12-7-9(2)5-6-10(12)3/h5-7,11,13-14H,4,8H2,1-3H3. The van der Waals surface area contributed by atoms with Gasteiger partial charge in [-0.15, -0.1) is 0 Å². The Morgan fingerprint density at radius 3 is 2.76 bits per heavy atom. The largest absolute Gasteiger partial charge is 0.487 e. The molecule has 2 nitrogen and oxygen atoms in total. The van der Waals surface area contributed by atoms with Crippen molar-refractivity contribution in [3.63, 3.8) is 0 Å². The lowest BCUT2D eigenvalue weighted by molar-refractivity contribution is -0.0725. The molecule has 1 aliphatic rings. The number of hydrogen-bond donors (Lipinski definition) is 0. The fourth-order valence-corrected chi connectivity index (χ4v) is 2.91. The average molecular weight is 299 g/mol. The van der Waals surface area contributed by atoms with E-state index in [9.17, 15) is 0 Å². The van der Waals surface area contributed by atoms with Crippen molar-refractivity contribution < 1.29 is 9.47 Å². The number of halogens is 1. The summed E-state index contributed by atoms with van der Waals surface area (Å²) in [5.74, 6) is 0.985. The van der Waals surface area contributed by atoms with E-state index < -0.39 is 0 Å². The third kappa shape index (κ3) is 2.83. The van der Waals surface area contributed by atoms with Gasteiger partial charge in [0.15, 0.2) is 0 Å². The van der Waals surface area contributed by atoms with Gasteiger partial charge in [0.2, 0.25) is 0 Å². The lowest BCUT2D eigenvalue weighted by Crippen LogP contribution is -2.52. The van der Waals surface area contributed by atoms with Crippen molar-refractivity contribution in [2.24, 2.45) is 0 Å². The molecular formula is C14H19BrO2. The summed E-state index contributed by atoms with van der Waals surface area (Å²) in [7, 11) is 0. The quantitative estimate of drug-likeness (QED) is 0.791. The molecular weight excluding hydrogens is 280 g/mol. The number of benzene rings is 1. The molecule has 1 aromatic rings. The summed E-state index contributed by atoms with van der Waals surface area (Å²) < 4.78 is 11.7. The van der Waals surface area contributed by atoms with Crippen molar-refractivity contribution in [1.82, 2.24) is 0 Å². The van der Waals surface area contributed by atoms with Gasteiger partial charge in [-0.25, -0.2) is 0 Å². The molecule has 1 aliphatic carbocycles. The highest BCUT2D eigenvalue weighted by Gasteiger charge is 2.42. The van der Waals surface area contributed by atoms with Crippen molar-refractivity contribution in [3.05, 3.63) is 29.3 Å². The number of rotatable bonds is 4. The van der Waals surface area contributed by atoms with Crippen LogP contribution in [0.2, 0.25) is 0 Å². The van der Waals surface area contributed by atoms with Crippen LogP contribution in [0.4, 0.5) is 0 Å². The van der Waals surface area contributed by atoms with E-state index in [-0.39, 0.29) is 12.2 Å². The molecule has 3 unspecified atom stereocenters. The first kappa shape index (κ1) is 12.9. The molecule has 1 saturated carbocycles. The molecule has 0 N–H and O–H groups in total. The summed E-state index contributed by atoms with van der Waals surface area (Å²) >= 11 is 3.61. The van der Waals surface area contributed by atoms with Crippen LogP contribution in [0.1, 0.15) is 24.5 Å². The predicted molar refractivity (Wildman–Crippen MR) is 73.1 cm³/mol. The summed E-state index contributed by atoms with van der Waals surface area (Å²) in [6, 6.07) is 6.31. The predicted octanol–water partition coefficient (Wildman–Crippen LogP) is 3.62. The van der Waals surface area contributed by atoms with Crippen LogP contribution in [0.3, 0.4) is 0 Å². The van der Waals surface area contributed by atoms with Crippen molar-refractivity contribution in [1.29, 1.82) is 0 Å². The maximum atomic E-state index is 6.04. The molecule has 1 aromatic carbocycles. The molecule has 1 fully saturated rings. The molecule has 17 heavy (non-hydrogen) atoms. The molecule has 0 amide bonds. The summed E-state index contributed by atoms with van der Waals surface area (Å²) in [5, 5.41) is 0. The Labute approximate surface area is 111 Å². The maximum absolute atomic E-state index is 6.04. The third-order valence-corrected chi connectivity index (χ3v) is 4.06. The minimum atomic E-state index is 0.180. The van der Waals surface area contributed by atoms with Crippen molar-refractivity contribution in [2.45, 2.75) is 44.2 Å². The van der Waals surface area contributed by atoms with Gasteiger partial charge in [-0.05, 0) is 38.0 Å². The highest BCUT2D eigenvalue weighted by atomic mass is 79.9. The first-order chi connectivity index (χ1) is 8.11. The minimum Gasteiger partial charge on any atom is -0.487 e. The molecule has 0 spiro atoms. The Kier molecular flexibility index (Phi) is 4.10. The van der Waals surface area contributed by atoms with Crippen LogP contribution in [-0.4, -0.2) is 23.6 Å². The van der Waals surface area contributed by atoms with E-state index in [1.807, 2.05) is 6.92 Å². The van der Waals surface area contributed by atoms with E-state index in [4.69, 9.17) is 9.47 Å². The molecule has 0 bridgehead atoms. The normalized spacial score (nSPS) is 27.6. The fourth-order valence-electron chi connectivity index (χ4n) is 2.04. The topological polar surface area (TPSA) is 18.5 Å². The Morgan fingerprint density at radius 2 is 2.12 bits per heavy atom. The smallest absolute Gasteiger partial charge is 0.127 e. The molecule has 0 radical (unpaired) electrons. The highest BCUT2D eigenvalue weighted by Crippen LogP contribution is 2.35. The zero-order valence-corrected chi connectivity index (χ0v) is 12.2. The van der Waals surface area contributed by atoms with Crippen LogP contribution in [-0.2, 0) is 4.74 Å². The third-order valence-electron chi connectivity index (χ3n) is 3.16. The Bertz CT molecular complexity index is 392. The van der Waals surface area contributed by atoms with E-state index in [0.29, 0.717) is 4.83 Å². The van der Waals surface area contributed by atoms with Gasteiger partial charge >= 0.3 is 0 Å². The van der Waals surface area contributed by atoms with Gasteiger partial charge in [-0.3, -0.25) is 0 Å². The second-order valence-corrected chi connectivity index (χ2v) is 5.77. The van der Waals surface area contributed by atoms with E-state index in [1.165, 1.54) is 11.1 Å². The van der Waals surface area contributed by atoms with Gasteiger partial charge in [0.05, 0.1) is 0 Å². The van der Waals surface area contributed by atoms with E-state index in [2.05, 4.69) is 48.0 Å². The van der Waals surface area contributed by atoms with Gasteiger partial charge in [0, 0.05) is 17.9 Å². The van der Waals surface area contributed by atoms with Crippen LogP contribution in [0, 0.1) is 13.8 Å². The lowest BCUT2D eigenvalue weighted by atomic mass is 9.91. The minimum absolute atomic E-state index is 0.180. The van der Waals surface area contributed by atoms with Crippen LogP contribution >= 0.6 is 15.9 Å². The molecule has 0 heterocycles. The summed E-state index contributed by atoms with van der Waals surface area (Å²) in [5.41, 5.74) is 2.41. The molecule has 0 saturated heterocycles. The van der Waals surface area contributed by atoms with E-state index >= 15 is 0 Å². The van der Waals surface area contributed by atoms with Gasteiger partial charge in [-0.2, -0.15) is 0 Å². The number of ether oxygens (including phenoxy) is 2. The highest BCUT2D eigenvalue weighted by molar-refractivity contribution is 9.09. The van der Waals surface area contributed by atoms with Crippen LogP contribution in [0.5, 0.6) is 5.75 Å². The summed E-state index contributed by atoms with van der Waals surface area (Å²) in [4.78, 5) is 0.428. The molecule has 0 aromatic heterocycles. The van der Waals surface area contributed by atoms with Crippen LogP contribution < -0.4 is 4.74 Å². The van der Waals surface area contributed by atoms with Gasteiger partial charge in [0.1, 0.15) is 18.0 Å². The van der Waals surface area contributed by atoms with Crippen molar-refractivity contribution >= 4 is 15.9 Å². The van der Waals surface area contributed by atoms with Crippen molar-refractivity contribution in [3.8, 4) is 5.75 Å². The van der Waals surface area contributed by atoms with Crippen LogP contribution in [0.15, 0.2) is 18.2 Å². The van der Waals surface area contributed by atoms with Crippen molar-refractivity contribution in [2.75, 3.05) is 6.61 Å². The average Bonchev–Trinajstić information content (AvgIpc) is 2.30. The molecule has 0 aliphatic heterocycles. The number of alkyl halides is 1. The first-order valence-electron chi connectivity index (χ1n) is 6.11. The van der Waals surface area contributed by atoms with Crippen LogP contribution in [0.25, 0.3) is 0 Å². The first-order valence-corrected chi connectivity index (χ1v) is 7.03. The SMILES string of the molecule is CCOC1C(Br)CC1Oc1cc(C)ccc1C. The van der Waals surface area contributed by atoms with E-state index in [1.54, 1.807) is 0 Å². The Balaban J connectivity index is 2.03. The lowest BCUT2D eigenvalue weighted by Gasteiger charge is -2.41. The fraction of sp³-hybridized carbons (Fsp3) is 0.571. The summed E-state index contributed by atoms with van der Waals surface area (Å²) in [6.07, 6.45) is 1.37. The Hall–Kier alpha value is -0.540. The second-order valence-electron chi connectivity index (χ2n) is 4.60. The summed E-state index contributed by atoms with van der Waals surface area (Å²) in [6.45, 7) is 6.92. The number of hydrogen-bond acceptors (Lipinski definition) is 2. The maximum Gasteiger partial charge on any atom is 0.127 e. The number of aryl methyl sites for hydroxylation is 2. The molecule has 2 rings (SSSR count). The van der Waals surface area contributed by atoms with Gasteiger partial charge in [-0.1, -0.05) is 28.1 Å².